The predicted octanol–water partition coefficient (Wildman–Crippen LogP) is 2.86. The van der Waals surface area contributed by atoms with Gasteiger partial charge in [0.1, 0.15) is 11.6 Å². The third-order valence-corrected chi connectivity index (χ3v) is 4.51. The standard InChI is InChI=1S/C19H21FN2O2/c20-16-7-5-15(6-8-16)19(9-2-10-19)22-12-14-3-1-4-17(11-14)24-13-18(21)23/h1,3-8,11,22H,2,9-10,12-13H2,(H2,21,23). The molecule has 3 N–H and O–H groups in total. The Morgan fingerprint density at radius 3 is 2.58 bits per heavy atom. The van der Waals surface area contributed by atoms with E-state index in [0.29, 0.717) is 12.3 Å². The van der Waals surface area contributed by atoms with Crippen LogP contribution >= 0.6 is 0 Å². The first-order valence-corrected chi connectivity index (χ1v) is 8.09. The highest BCUT2D eigenvalue weighted by molar-refractivity contribution is 5.75. The van der Waals surface area contributed by atoms with Crippen molar-refractivity contribution in [3.05, 3.63) is 65.5 Å². The van der Waals surface area contributed by atoms with Crippen molar-refractivity contribution in [2.75, 3.05) is 6.61 Å². The zero-order valence-electron chi connectivity index (χ0n) is 13.4. The number of carbonyl (C=O) groups excluding carboxylic acids is 1. The molecule has 0 atom stereocenters. The van der Waals surface area contributed by atoms with Crippen LogP contribution in [0.3, 0.4) is 0 Å². The monoisotopic (exact) mass is 328 g/mol. The zero-order chi connectivity index (χ0) is 17.0. The summed E-state index contributed by atoms with van der Waals surface area (Å²) >= 11 is 0. The van der Waals surface area contributed by atoms with Crippen molar-refractivity contribution in [1.82, 2.24) is 5.32 Å². The molecule has 1 amide bonds. The first-order chi connectivity index (χ1) is 11.6. The largest absolute Gasteiger partial charge is 0.484 e. The van der Waals surface area contributed by atoms with Crippen molar-refractivity contribution in [3.8, 4) is 5.75 Å². The van der Waals surface area contributed by atoms with Gasteiger partial charge in [0.05, 0.1) is 0 Å². The summed E-state index contributed by atoms with van der Waals surface area (Å²) in [4.78, 5) is 10.8. The average Bonchev–Trinajstić information content (AvgIpc) is 2.54. The molecule has 1 aliphatic carbocycles. The van der Waals surface area contributed by atoms with Crippen LogP contribution in [0.1, 0.15) is 30.4 Å². The quantitative estimate of drug-likeness (QED) is 0.821. The first-order valence-electron chi connectivity index (χ1n) is 8.09. The maximum Gasteiger partial charge on any atom is 0.255 e. The lowest BCUT2D eigenvalue weighted by Gasteiger charge is -2.43. The number of benzene rings is 2. The van der Waals surface area contributed by atoms with E-state index in [9.17, 15) is 9.18 Å². The Balaban J connectivity index is 1.66. The minimum atomic E-state index is -0.497. The molecule has 0 aliphatic heterocycles. The molecule has 4 nitrogen and oxygen atoms in total. The minimum absolute atomic E-state index is 0.0855. The van der Waals surface area contributed by atoms with Crippen LogP contribution in [0.5, 0.6) is 5.75 Å². The molecule has 0 bridgehead atoms. The number of rotatable bonds is 7. The lowest BCUT2D eigenvalue weighted by Crippen LogP contribution is -2.47. The van der Waals surface area contributed by atoms with Crippen LogP contribution in [0, 0.1) is 5.82 Å². The van der Waals surface area contributed by atoms with Gasteiger partial charge >= 0.3 is 0 Å². The molecule has 126 valence electrons. The molecule has 0 radical (unpaired) electrons. The number of nitrogens with two attached hydrogens (primary N) is 1. The van der Waals surface area contributed by atoms with Crippen molar-refractivity contribution in [2.45, 2.75) is 31.3 Å². The second kappa shape index (κ2) is 7.01. The Morgan fingerprint density at radius 1 is 1.21 bits per heavy atom. The topological polar surface area (TPSA) is 64.4 Å². The summed E-state index contributed by atoms with van der Waals surface area (Å²) in [6.07, 6.45) is 3.24. The van der Waals surface area contributed by atoms with Crippen LogP contribution in [0.4, 0.5) is 4.39 Å². The van der Waals surface area contributed by atoms with Crippen LogP contribution in [0.2, 0.25) is 0 Å². The molecule has 24 heavy (non-hydrogen) atoms. The van der Waals surface area contributed by atoms with E-state index >= 15 is 0 Å². The van der Waals surface area contributed by atoms with Crippen molar-refractivity contribution < 1.29 is 13.9 Å². The van der Waals surface area contributed by atoms with Crippen LogP contribution < -0.4 is 15.8 Å². The van der Waals surface area contributed by atoms with Crippen molar-refractivity contribution in [3.63, 3.8) is 0 Å². The summed E-state index contributed by atoms with van der Waals surface area (Å²) < 4.78 is 18.5. The summed E-state index contributed by atoms with van der Waals surface area (Å²) in [5, 5.41) is 3.61. The number of ether oxygens (including phenoxy) is 1. The number of amides is 1. The Bertz CT molecular complexity index is 712. The molecule has 1 saturated carbocycles. The van der Waals surface area contributed by atoms with Crippen molar-refractivity contribution >= 4 is 5.91 Å². The molecule has 0 unspecified atom stereocenters. The van der Waals surface area contributed by atoms with E-state index in [0.717, 1.165) is 30.4 Å². The van der Waals surface area contributed by atoms with Gasteiger partial charge in [-0.2, -0.15) is 0 Å². The number of primary amides is 1. The fourth-order valence-corrected chi connectivity index (χ4v) is 3.04. The predicted molar refractivity (Wildman–Crippen MR) is 89.9 cm³/mol. The molecule has 2 aromatic carbocycles. The van der Waals surface area contributed by atoms with Gasteiger partial charge in [-0.05, 0) is 54.7 Å². The number of halogens is 1. The second-order valence-electron chi connectivity index (χ2n) is 6.20. The highest BCUT2D eigenvalue weighted by atomic mass is 19.1. The first kappa shape index (κ1) is 16.5. The molecular weight excluding hydrogens is 307 g/mol. The van der Waals surface area contributed by atoms with Gasteiger partial charge in [-0.1, -0.05) is 24.3 Å². The second-order valence-corrected chi connectivity index (χ2v) is 6.20. The van der Waals surface area contributed by atoms with E-state index in [1.807, 2.05) is 30.3 Å². The molecule has 0 saturated heterocycles. The molecule has 5 heteroatoms. The summed E-state index contributed by atoms with van der Waals surface area (Å²) in [5.41, 5.74) is 7.19. The Labute approximate surface area is 140 Å². The molecular formula is C19H21FN2O2. The van der Waals surface area contributed by atoms with Gasteiger partial charge in [-0.25, -0.2) is 4.39 Å². The average molecular weight is 328 g/mol. The van der Waals surface area contributed by atoms with Gasteiger partial charge in [0.2, 0.25) is 0 Å². The molecule has 3 rings (SSSR count). The Kier molecular flexibility index (Phi) is 4.81. The van der Waals surface area contributed by atoms with Crippen LogP contribution in [-0.4, -0.2) is 12.5 Å². The van der Waals surface area contributed by atoms with Crippen molar-refractivity contribution in [2.24, 2.45) is 5.73 Å². The van der Waals surface area contributed by atoms with Crippen molar-refractivity contribution in [1.29, 1.82) is 0 Å². The SMILES string of the molecule is NC(=O)COc1cccc(CNC2(c3ccc(F)cc3)CCC2)c1. The molecule has 0 heterocycles. The maximum atomic E-state index is 13.2. The van der Waals surface area contributed by atoms with Gasteiger partial charge in [0, 0.05) is 12.1 Å². The van der Waals surface area contributed by atoms with E-state index in [-0.39, 0.29) is 18.0 Å². The van der Waals surface area contributed by atoms with Crippen LogP contribution in [-0.2, 0) is 16.9 Å². The fraction of sp³-hybridized carbons (Fsp3) is 0.316. The lowest BCUT2D eigenvalue weighted by atomic mass is 9.71. The fourth-order valence-electron chi connectivity index (χ4n) is 3.04. The Morgan fingerprint density at radius 2 is 1.96 bits per heavy atom. The smallest absolute Gasteiger partial charge is 0.255 e. The summed E-state index contributed by atoms with van der Waals surface area (Å²) in [6.45, 7) is 0.543. The summed E-state index contributed by atoms with van der Waals surface area (Å²) in [5.74, 6) is -0.0895. The molecule has 1 aliphatic rings. The summed E-state index contributed by atoms with van der Waals surface area (Å²) in [7, 11) is 0. The third-order valence-electron chi connectivity index (χ3n) is 4.51. The number of hydrogen-bond acceptors (Lipinski definition) is 3. The molecule has 0 spiro atoms. The number of carbonyl (C=O) groups is 1. The molecule has 2 aromatic rings. The van der Waals surface area contributed by atoms with Crippen LogP contribution in [0.25, 0.3) is 0 Å². The highest BCUT2D eigenvalue weighted by Gasteiger charge is 2.37. The molecule has 0 aromatic heterocycles. The normalized spacial score (nSPS) is 15.5. The van der Waals surface area contributed by atoms with Gasteiger partial charge in [-0.3, -0.25) is 4.79 Å². The van der Waals surface area contributed by atoms with E-state index in [4.69, 9.17) is 10.5 Å². The van der Waals surface area contributed by atoms with E-state index < -0.39 is 5.91 Å². The van der Waals surface area contributed by atoms with Gasteiger partial charge < -0.3 is 15.8 Å². The number of nitrogens with one attached hydrogen (secondary N) is 1. The van der Waals surface area contributed by atoms with E-state index in [1.54, 1.807) is 6.07 Å². The maximum absolute atomic E-state index is 13.2. The van der Waals surface area contributed by atoms with E-state index in [2.05, 4.69) is 5.32 Å². The lowest BCUT2D eigenvalue weighted by molar-refractivity contribution is -0.119. The van der Waals surface area contributed by atoms with E-state index in [1.165, 1.54) is 12.1 Å². The minimum Gasteiger partial charge on any atom is -0.484 e. The summed E-state index contributed by atoms with van der Waals surface area (Å²) in [6, 6.07) is 14.3. The van der Waals surface area contributed by atoms with Gasteiger partial charge in [-0.15, -0.1) is 0 Å². The molecule has 1 fully saturated rings. The van der Waals surface area contributed by atoms with Crippen LogP contribution in [0.15, 0.2) is 48.5 Å². The zero-order valence-corrected chi connectivity index (χ0v) is 13.4. The third kappa shape index (κ3) is 3.74. The highest BCUT2D eigenvalue weighted by Crippen LogP contribution is 2.41. The Hall–Kier alpha value is -2.40. The number of hydrogen-bond donors (Lipinski definition) is 2. The van der Waals surface area contributed by atoms with Gasteiger partial charge in [0.15, 0.2) is 6.61 Å². The van der Waals surface area contributed by atoms with Gasteiger partial charge in [0.25, 0.3) is 5.91 Å².